The van der Waals surface area contributed by atoms with Gasteiger partial charge >= 0.3 is 0 Å². The molecule has 0 aromatic heterocycles. The molecule has 0 aliphatic carbocycles. The lowest BCUT2D eigenvalue weighted by molar-refractivity contribution is 0.478. The summed E-state index contributed by atoms with van der Waals surface area (Å²) < 4.78 is 5.89. The monoisotopic (exact) mass is 289 g/mol. The van der Waals surface area contributed by atoms with E-state index in [0.717, 1.165) is 23.3 Å². The predicted molar refractivity (Wildman–Crippen MR) is 84.8 cm³/mol. The van der Waals surface area contributed by atoms with Crippen LogP contribution < -0.4 is 10.5 Å². The summed E-state index contributed by atoms with van der Waals surface area (Å²) in [4.78, 5) is 0. The molecular formula is C17H20ClNO. The van der Waals surface area contributed by atoms with E-state index in [1.807, 2.05) is 51.1 Å². The van der Waals surface area contributed by atoms with Gasteiger partial charge in [0.05, 0.1) is 5.02 Å². The first-order valence-corrected chi connectivity index (χ1v) is 7.12. The molecule has 1 unspecified atom stereocenters. The Morgan fingerprint density at radius 1 is 1.10 bits per heavy atom. The van der Waals surface area contributed by atoms with Crippen LogP contribution in [0, 0.1) is 13.8 Å². The second kappa shape index (κ2) is 6.29. The smallest absolute Gasteiger partial charge is 0.146 e. The van der Waals surface area contributed by atoms with Crippen LogP contribution in [-0.4, -0.2) is 6.04 Å². The zero-order valence-corrected chi connectivity index (χ0v) is 12.9. The van der Waals surface area contributed by atoms with E-state index in [0.29, 0.717) is 10.8 Å². The maximum atomic E-state index is 6.19. The molecule has 0 aliphatic heterocycles. The molecule has 20 heavy (non-hydrogen) atoms. The van der Waals surface area contributed by atoms with E-state index in [-0.39, 0.29) is 6.04 Å². The fourth-order valence-electron chi connectivity index (χ4n) is 2.13. The van der Waals surface area contributed by atoms with Crippen molar-refractivity contribution >= 4 is 11.6 Å². The third-order valence-corrected chi connectivity index (χ3v) is 3.40. The molecule has 2 aromatic rings. The van der Waals surface area contributed by atoms with Gasteiger partial charge in [-0.15, -0.1) is 0 Å². The van der Waals surface area contributed by atoms with E-state index in [1.165, 1.54) is 5.56 Å². The van der Waals surface area contributed by atoms with Crippen molar-refractivity contribution in [1.29, 1.82) is 0 Å². The van der Waals surface area contributed by atoms with Crippen LogP contribution >= 0.6 is 11.6 Å². The summed E-state index contributed by atoms with van der Waals surface area (Å²) in [6.45, 7) is 6.04. The number of rotatable bonds is 4. The first-order valence-electron chi connectivity index (χ1n) is 6.75. The number of hydrogen-bond acceptors (Lipinski definition) is 2. The minimum absolute atomic E-state index is 0.160. The number of halogens is 1. The zero-order chi connectivity index (χ0) is 14.7. The zero-order valence-electron chi connectivity index (χ0n) is 12.1. The van der Waals surface area contributed by atoms with Gasteiger partial charge in [0, 0.05) is 6.04 Å². The normalized spacial score (nSPS) is 12.2. The maximum Gasteiger partial charge on any atom is 0.146 e. The van der Waals surface area contributed by atoms with Crippen LogP contribution in [0.25, 0.3) is 0 Å². The van der Waals surface area contributed by atoms with Crippen LogP contribution in [-0.2, 0) is 6.42 Å². The average Bonchev–Trinajstić information content (AvgIpc) is 2.34. The van der Waals surface area contributed by atoms with Crippen molar-refractivity contribution in [2.75, 3.05) is 0 Å². The second-order valence-electron chi connectivity index (χ2n) is 5.32. The Morgan fingerprint density at radius 2 is 1.80 bits per heavy atom. The Kier molecular flexibility index (Phi) is 4.69. The van der Waals surface area contributed by atoms with Gasteiger partial charge in [-0.1, -0.05) is 29.8 Å². The van der Waals surface area contributed by atoms with Crippen molar-refractivity contribution in [3.8, 4) is 11.5 Å². The van der Waals surface area contributed by atoms with E-state index in [2.05, 4.69) is 6.07 Å². The molecule has 0 aliphatic rings. The third kappa shape index (κ3) is 3.75. The van der Waals surface area contributed by atoms with Crippen LogP contribution in [0.15, 0.2) is 36.4 Å². The minimum Gasteiger partial charge on any atom is -0.456 e. The van der Waals surface area contributed by atoms with Gasteiger partial charge in [-0.2, -0.15) is 0 Å². The van der Waals surface area contributed by atoms with Crippen LogP contribution in [0.3, 0.4) is 0 Å². The summed E-state index contributed by atoms with van der Waals surface area (Å²) in [5, 5.41) is 0.629. The van der Waals surface area contributed by atoms with Gasteiger partial charge in [0.25, 0.3) is 0 Å². The topological polar surface area (TPSA) is 35.2 Å². The molecule has 106 valence electrons. The molecular weight excluding hydrogens is 270 g/mol. The quantitative estimate of drug-likeness (QED) is 0.890. The fourth-order valence-corrected chi connectivity index (χ4v) is 2.41. The molecule has 0 heterocycles. The molecule has 0 amide bonds. The van der Waals surface area contributed by atoms with E-state index < -0.39 is 0 Å². The van der Waals surface area contributed by atoms with Crippen molar-refractivity contribution in [2.24, 2.45) is 5.73 Å². The van der Waals surface area contributed by atoms with Crippen molar-refractivity contribution in [3.05, 3.63) is 58.1 Å². The average molecular weight is 290 g/mol. The van der Waals surface area contributed by atoms with Gasteiger partial charge in [0.15, 0.2) is 0 Å². The highest BCUT2D eigenvalue weighted by molar-refractivity contribution is 6.32. The van der Waals surface area contributed by atoms with E-state index >= 15 is 0 Å². The molecule has 0 bridgehead atoms. The summed E-state index contributed by atoms with van der Waals surface area (Å²) in [5.74, 6) is 1.50. The maximum absolute atomic E-state index is 6.19. The number of ether oxygens (including phenoxy) is 1. The molecule has 0 radical (unpaired) electrons. The molecule has 0 fully saturated rings. The highest BCUT2D eigenvalue weighted by Crippen LogP contribution is 2.32. The minimum atomic E-state index is 0.160. The van der Waals surface area contributed by atoms with Gasteiger partial charge in [-0.3, -0.25) is 0 Å². The van der Waals surface area contributed by atoms with E-state index in [4.69, 9.17) is 22.1 Å². The molecule has 2 N–H and O–H groups in total. The Balaban J connectivity index is 2.21. The van der Waals surface area contributed by atoms with Gasteiger partial charge < -0.3 is 10.5 Å². The molecule has 2 aromatic carbocycles. The summed E-state index contributed by atoms with van der Waals surface area (Å²) in [6, 6.07) is 12.1. The number of benzene rings is 2. The molecule has 0 saturated carbocycles. The molecule has 2 rings (SSSR count). The summed E-state index contributed by atoms with van der Waals surface area (Å²) >= 11 is 6.19. The van der Waals surface area contributed by atoms with Crippen LogP contribution in [0.4, 0.5) is 0 Å². The Morgan fingerprint density at radius 3 is 2.40 bits per heavy atom. The molecule has 2 nitrogen and oxygen atoms in total. The van der Waals surface area contributed by atoms with Crippen LogP contribution in [0.2, 0.25) is 5.02 Å². The Hall–Kier alpha value is -1.51. The first-order chi connectivity index (χ1) is 9.45. The van der Waals surface area contributed by atoms with Gasteiger partial charge in [-0.25, -0.2) is 0 Å². The SMILES string of the molecule is Cc1ccc(Oc2ccc(CC(C)N)cc2C)c(Cl)c1. The number of hydrogen-bond donors (Lipinski definition) is 1. The van der Waals surface area contributed by atoms with Gasteiger partial charge in [0.1, 0.15) is 11.5 Å². The van der Waals surface area contributed by atoms with Crippen LogP contribution in [0.5, 0.6) is 11.5 Å². The molecule has 0 saturated heterocycles. The third-order valence-electron chi connectivity index (χ3n) is 3.10. The molecule has 1 atom stereocenters. The lowest BCUT2D eigenvalue weighted by Gasteiger charge is -2.12. The standard InChI is InChI=1S/C17H20ClNO/c1-11-4-6-17(15(18)8-11)20-16-7-5-14(9-12(16)2)10-13(3)19/h4-9,13H,10,19H2,1-3H3. The highest BCUT2D eigenvalue weighted by atomic mass is 35.5. The van der Waals surface area contributed by atoms with Crippen molar-refractivity contribution < 1.29 is 4.74 Å². The molecule has 0 spiro atoms. The van der Waals surface area contributed by atoms with E-state index in [9.17, 15) is 0 Å². The number of nitrogens with two attached hydrogens (primary N) is 1. The highest BCUT2D eigenvalue weighted by Gasteiger charge is 2.07. The first kappa shape index (κ1) is 14.9. The van der Waals surface area contributed by atoms with Crippen LogP contribution in [0.1, 0.15) is 23.6 Å². The van der Waals surface area contributed by atoms with Gasteiger partial charge in [0.2, 0.25) is 0 Å². The second-order valence-corrected chi connectivity index (χ2v) is 5.72. The number of aryl methyl sites for hydroxylation is 2. The van der Waals surface area contributed by atoms with Crippen molar-refractivity contribution in [3.63, 3.8) is 0 Å². The summed E-state index contributed by atoms with van der Waals surface area (Å²) in [5.41, 5.74) is 9.24. The van der Waals surface area contributed by atoms with Crippen molar-refractivity contribution in [1.82, 2.24) is 0 Å². The summed E-state index contributed by atoms with van der Waals surface area (Å²) in [6.07, 6.45) is 0.867. The van der Waals surface area contributed by atoms with Gasteiger partial charge in [-0.05, 0) is 62.1 Å². The fraction of sp³-hybridized carbons (Fsp3) is 0.294. The Bertz CT molecular complexity index is 608. The Labute approximate surface area is 125 Å². The lowest BCUT2D eigenvalue weighted by atomic mass is 10.0. The van der Waals surface area contributed by atoms with E-state index in [1.54, 1.807) is 0 Å². The summed E-state index contributed by atoms with van der Waals surface area (Å²) in [7, 11) is 0. The largest absolute Gasteiger partial charge is 0.456 e. The van der Waals surface area contributed by atoms with Crippen molar-refractivity contribution in [2.45, 2.75) is 33.2 Å². The predicted octanol–water partition coefficient (Wildman–Crippen LogP) is 4.64. The lowest BCUT2D eigenvalue weighted by Crippen LogP contribution is -2.17. The molecule has 3 heteroatoms.